The molecule has 8 heteroatoms. The first kappa shape index (κ1) is 13.2. The van der Waals surface area contributed by atoms with Gasteiger partial charge in [0.25, 0.3) is 0 Å². The first-order valence-electron chi connectivity index (χ1n) is 4.74. The van der Waals surface area contributed by atoms with Crippen LogP contribution in [0, 0.1) is 10.1 Å². The summed E-state index contributed by atoms with van der Waals surface area (Å²) in [6.07, 6.45) is 1.12. The van der Waals surface area contributed by atoms with Crippen LogP contribution in [0.2, 0.25) is 0 Å². The number of carbonyl (C=O) groups is 1. The summed E-state index contributed by atoms with van der Waals surface area (Å²) in [6.45, 7) is -0.806. The minimum atomic E-state index is -1.39. The minimum absolute atomic E-state index is 0.210. The van der Waals surface area contributed by atoms with Crippen molar-refractivity contribution in [1.82, 2.24) is 0 Å². The number of nitrogens with zero attached hydrogens (tertiary/aromatic N) is 4. The topological polar surface area (TPSA) is 129 Å². The number of aliphatic carboxylic acids is 1. The van der Waals surface area contributed by atoms with Crippen molar-refractivity contribution >= 4 is 17.7 Å². The first-order chi connectivity index (χ1) is 8.54. The number of rotatable bonds is 5. The van der Waals surface area contributed by atoms with Crippen LogP contribution in [-0.2, 0) is 4.79 Å². The number of benzene rings is 1. The zero-order chi connectivity index (χ0) is 13.5. The van der Waals surface area contributed by atoms with Gasteiger partial charge in [0, 0.05) is 15.5 Å². The van der Waals surface area contributed by atoms with Gasteiger partial charge >= 0.3 is 5.97 Å². The quantitative estimate of drug-likeness (QED) is 0.214. The lowest BCUT2D eigenvalue weighted by molar-refractivity contribution is -0.470. The SMILES string of the molecule is [N-]=[N+]=Nc1ccccc1/C=C(\C[N+](=O)[O-])C(=O)O. The van der Waals surface area contributed by atoms with Gasteiger partial charge in [-0.15, -0.1) is 0 Å². The van der Waals surface area contributed by atoms with E-state index in [-0.39, 0.29) is 11.3 Å². The number of carboxylic acid groups (broad SMARTS) is 1. The molecule has 0 atom stereocenters. The Hall–Kier alpha value is -2.86. The van der Waals surface area contributed by atoms with Crippen molar-refractivity contribution < 1.29 is 14.8 Å². The molecule has 0 radical (unpaired) electrons. The first-order valence-corrected chi connectivity index (χ1v) is 4.74. The molecule has 0 heterocycles. The molecule has 0 saturated heterocycles. The van der Waals surface area contributed by atoms with E-state index in [9.17, 15) is 14.9 Å². The van der Waals surface area contributed by atoms with Crippen LogP contribution in [0.4, 0.5) is 5.69 Å². The number of hydrogen-bond acceptors (Lipinski definition) is 4. The average molecular weight is 248 g/mol. The lowest BCUT2D eigenvalue weighted by Crippen LogP contribution is -2.12. The molecule has 1 aromatic rings. The van der Waals surface area contributed by atoms with E-state index in [1.165, 1.54) is 12.1 Å². The summed E-state index contributed by atoms with van der Waals surface area (Å²) < 4.78 is 0. The number of azide groups is 1. The van der Waals surface area contributed by atoms with E-state index in [1.807, 2.05) is 0 Å². The Morgan fingerprint density at radius 2 is 2.22 bits per heavy atom. The minimum Gasteiger partial charge on any atom is -0.478 e. The zero-order valence-electron chi connectivity index (χ0n) is 9.05. The highest BCUT2D eigenvalue weighted by Crippen LogP contribution is 2.21. The monoisotopic (exact) mass is 248 g/mol. The van der Waals surface area contributed by atoms with Crippen LogP contribution in [0.1, 0.15) is 5.56 Å². The Balaban J connectivity index is 3.23. The largest absolute Gasteiger partial charge is 0.478 e. The predicted molar refractivity (Wildman–Crippen MR) is 62.7 cm³/mol. The van der Waals surface area contributed by atoms with Crippen molar-refractivity contribution in [3.05, 3.63) is 56.0 Å². The van der Waals surface area contributed by atoms with Gasteiger partial charge < -0.3 is 5.11 Å². The van der Waals surface area contributed by atoms with Crippen LogP contribution in [-0.4, -0.2) is 22.5 Å². The van der Waals surface area contributed by atoms with Crippen molar-refractivity contribution in [2.75, 3.05) is 6.54 Å². The van der Waals surface area contributed by atoms with Gasteiger partial charge in [-0.2, -0.15) is 0 Å². The number of nitro groups is 1. The molecule has 0 aromatic heterocycles. The van der Waals surface area contributed by atoms with E-state index in [1.54, 1.807) is 12.1 Å². The lowest BCUT2D eigenvalue weighted by Gasteiger charge is -2.01. The van der Waals surface area contributed by atoms with Crippen molar-refractivity contribution in [1.29, 1.82) is 0 Å². The van der Waals surface area contributed by atoms with Gasteiger partial charge in [0.15, 0.2) is 0 Å². The highest BCUT2D eigenvalue weighted by atomic mass is 16.6. The molecule has 0 saturated carbocycles. The number of hydrogen-bond donors (Lipinski definition) is 1. The Bertz CT molecular complexity index is 561. The van der Waals surface area contributed by atoms with E-state index < -0.39 is 17.4 Å². The Labute approximate surface area is 101 Å². The van der Waals surface area contributed by atoms with Crippen molar-refractivity contribution in [3.63, 3.8) is 0 Å². The average Bonchev–Trinajstić information content (AvgIpc) is 2.30. The predicted octanol–water partition coefficient (Wildman–Crippen LogP) is 2.37. The fourth-order valence-corrected chi connectivity index (χ4v) is 1.25. The van der Waals surface area contributed by atoms with Crippen molar-refractivity contribution in [2.45, 2.75) is 0 Å². The molecular weight excluding hydrogens is 240 g/mol. The molecule has 18 heavy (non-hydrogen) atoms. The van der Waals surface area contributed by atoms with E-state index >= 15 is 0 Å². The lowest BCUT2D eigenvalue weighted by atomic mass is 10.1. The molecule has 92 valence electrons. The Morgan fingerprint density at radius 3 is 2.78 bits per heavy atom. The molecular formula is C10H8N4O4. The zero-order valence-corrected chi connectivity index (χ0v) is 9.05. The van der Waals surface area contributed by atoms with Crippen molar-refractivity contribution in [2.24, 2.45) is 5.11 Å². The Morgan fingerprint density at radius 1 is 1.56 bits per heavy atom. The summed E-state index contributed by atoms with van der Waals surface area (Å²) in [5, 5.41) is 22.5. The molecule has 0 aliphatic rings. The van der Waals surface area contributed by atoms with E-state index in [0.29, 0.717) is 5.56 Å². The molecule has 1 rings (SSSR count). The molecule has 0 aliphatic carbocycles. The highest BCUT2D eigenvalue weighted by molar-refractivity contribution is 5.93. The molecule has 1 aromatic carbocycles. The Kier molecular flexibility index (Phi) is 4.42. The van der Waals surface area contributed by atoms with Crippen LogP contribution in [0.15, 0.2) is 35.0 Å². The summed E-state index contributed by atoms with van der Waals surface area (Å²) >= 11 is 0. The maximum Gasteiger partial charge on any atom is 0.338 e. The van der Waals surface area contributed by atoms with Crippen molar-refractivity contribution in [3.8, 4) is 0 Å². The third-order valence-corrected chi connectivity index (χ3v) is 1.99. The van der Waals surface area contributed by atoms with Crippen LogP contribution in [0.3, 0.4) is 0 Å². The summed E-state index contributed by atoms with van der Waals surface area (Å²) in [5.41, 5.74) is 8.48. The van der Waals surface area contributed by atoms with E-state index in [0.717, 1.165) is 6.08 Å². The maximum absolute atomic E-state index is 10.8. The highest BCUT2D eigenvalue weighted by Gasteiger charge is 2.14. The second-order valence-corrected chi connectivity index (χ2v) is 3.21. The van der Waals surface area contributed by atoms with Crippen LogP contribution >= 0.6 is 0 Å². The fourth-order valence-electron chi connectivity index (χ4n) is 1.25. The fraction of sp³-hybridized carbons (Fsp3) is 0.100. The van der Waals surface area contributed by atoms with Gasteiger partial charge in [-0.05, 0) is 17.2 Å². The molecule has 0 fully saturated rings. The standard InChI is InChI=1S/C10H8N4O4/c11-13-12-9-4-2-1-3-7(9)5-8(10(15)16)6-14(17)18/h1-5H,6H2,(H,15,16)/b8-5+. The second-order valence-electron chi connectivity index (χ2n) is 3.21. The molecule has 0 unspecified atom stereocenters. The third kappa shape index (κ3) is 3.62. The molecule has 0 bridgehead atoms. The summed E-state index contributed by atoms with van der Waals surface area (Å²) in [7, 11) is 0. The molecule has 0 aliphatic heterocycles. The molecule has 1 N–H and O–H groups in total. The third-order valence-electron chi connectivity index (χ3n) is 1.99. The van der Waals surface area contributed by atoms with Gasteiger partial charge in [0.1, 0.15) is 5.57 Å². The van der Waals surface area contributed by atoms with Crippen LogP contribution in [0.5, 0.6) is 0 Å². The van der Waals surface area contributed by atoms with Crippen LogP contribution in [0.25, 0.3) is 16.5 Å². The number of carboxylic acids is 1. The van der Waals surface area contributed by atoms with Gasteiger partial charge in [-0.3, -0.25) is 10.1 Å². The van der Waals surface area contributed by atoms with Gasteiger partial charge in [-0.1, -0.05) is 29.4 Å². The normalized spacial score (nSPS) is 10.6. The molecule has 0 spiro atoms. The smallest absolute Gasteiger partial charge is 0.338 e. The van der Waals surface area contributed by atoms with E-state index in [2.05, 4.69) is 10.0 Å². The summed E-state index contributed by atoms with van der Waals surface area (Å²) in [4.78, 5) is 23.0. The van der Waals surface area contributed by atoms with Gasteiger partial charge in [-0.25, -0.2) is 4.79 Å². The van der Waals surface area contributed by atoms with Gasteiger partial charge in [0.2, 0.25) is 6.54 Å². The maximum atomic E-state index is 10.8. The second kappa shape index (κ2) is 6.02. The molecule has 0 amide bonds. The van der Waals surface area contributed by atoms with Crippen LogP contribution < -0.4 is 0 Å². The summed E-state index contributed by atoms with van der Waals surface area (Å²) in [5.74, 6) is -1.39. The van der Waals surface area contributed by atoms with Gasteiger partial charge in [0.05, 0.1) is 0 Å². The summed E-state index contributed by atoms with van der Waals surface area (Å²) in [6, 6.07) is 6.20. The molecule has 8 nitrogen and oxygen atoms in total. The van der Waals surface area contributed by atoms with E-state index in [4.69, 9.17) is 10.6 Å².